The van der Waals surface area contributed by atoms with E-state index in [1.54, 1.807) is 0 Å². The zero-order valence-electron chi connectivity index (χ0n) is 18.6. The van der Waals surface area contributed by atoms with Crippen molar-refractivity contribution in [2.45, 2.75) is 122 Å². The molecule has 0 aromatic heterocycles. The summed E-state index contributed by atoms with van der Waals surface area (Å²) in [5.41, 5.74) is 0. The summed E-state index contributed by atoms with van der Waals surface area (Å²) in [5, 5.41) is 21.1. The molecule has 3 N–H and O–H groups in total. The third-order valence-corrected chi connectivity index (χ3v) is 5.11. The zero-order chi connectivity index (χ0) is 20.9. The summed E-state index contributed by atoms with van der Waals surface area (Å²) >= 11 is 0. The number of ether oxygens (including phenoxy) is 1. The fraction of sp³-hybridized carbons (Fsp3) is 0.957. The molecule has 0 saturated heterocycles. The number of carbonyl (C=O) groups excluding carboxylic acids is 1. The van der Waals surface area contributed by atoms with Gasteiger partial charge in [-0.1, -0.05) is 71.6 Å². The fourth-order valence-electron chi connectivity index (χ4n) is 3.36. The molecule has 0 radical (unpaired) electrons. The van der Waals surface area contributed by atoms with Gasteiger partial charge in [0.25, 0.3) is 0 Å². The van der Waals surface area contributed by atoms with Crippen LogP contribution >= 0.6 is 0 Å². The van der Waals surface area contributed by atoms with Crippen LogP contribution in [0.2, 0.25) is 0 Å². The average Bonchev–Trinajstić information content (AvgIpc) is 2.69. The van der Waals surface area contributed by atoms with E-state index in [0.717, 1.165) is 57.9 Å². The van der Waals surface area contributed by atoms with Gasteiger partial charge in [0, 0.05) is 13.0 Å². The first-order chi connectivity index (χ1) is 13.6. The number of unbranched alkanes of at least 4 members (excludes halogenated alkanes) is 9. The Bertz CT molecular complexity index is 339. The van der Waals surface area contributed by atoms with E-state index in [2.05, 4.69) is 19.2 Å². The van der Waals surface area contributed by atoms with Crippen LogP contribution in [0.5, 0.6) is 0 Å². The maximum absolute atomic E-state index is 12.1. The Hall–Kier alpha value is -0.650. The number of carbonyl (C=O) groups is 1. The molecule has 28 heavy (non-hydrogen) atoms. The van der Waals surface area contributed by atoms with Gasteiger partial charge in [0.05, 0.1) is 12.7 Å². The monoisotopic (exact) mass is 401 g/mol. The van der Waals surface area contributed by atoms with E-state index in [1.165, 1.54) is 38.5 Å². The summed E-state index contributed by atoms with van der Waals surface area (Å²) in [7, 11) is 0. The summed E-state index contributed by atoms with van der Waals surface area (Å²) in [6.45, 7) is 5.50. The van der Waals surface area contributed by atoms with E-state index in [4.69, 9.17) is 9.84 Å². The molecule has 0 fully saturated rings. The molecule has 0 saturated carbocycles. The highest BCUT2D eigenvalue weighted by Crippen LogP contribution is 2.15. The topological polar surface area (TPSA) is 78.8 Å². The summed E-state index contributed by atoms with van der Waals surface area (Å²) < 4.78 is 5.72. The van der Waals surface area contributed by atoms with Crippen molar-refractivity contribution in [2.24, 2.45) is 0 Å². The van der Waals surface area contributed by atoms with Crippen LogP contribution in [0.1, 0.15) is 110 Å². The highest BCUT2D eigenvalue weighted by Gasteiger charge is 2.13. The minimum absolute atomic E-state index is 0.0240. The van der Waals surface area contributed by atoms with E-state index in [1.807, 2.05) is 0 Å². The maximum Gasteiger partial charge on any atom is 0.306 e. The standard InChI is InChI=1S/C23H47NO4/c1-3-5-6-7-9-12-16-22(15-4-2)28-23(27)17-13-10-8-11-14-18-24-19-21(26)20-25/h21-22,24-26H,3-20H2,1-2H3. The molecule has 0 bridgehead atoms. The first-order valence-electron chi connectivity index (χ1n) is 11.8. The quantitative estimate of drug-likeness (QED) is 0.191. The lowest BCUT2D eigenvalue weighted by molar-refractivity contribution is -0.150. The van der Waals surface area contributed by atoms with Crippen molar-refractivity contribution >= 4 is 5.97 Å². The molecule has 0 aromatic carbocycles. The molecule has 2 atom stereocenters. The second-order valence-electron chi connectivity index (χ2n) is 8.02. The van der Waals surface area contributed by atoms with Gasteiger partial charge < -0.3 is 20.3 Å². The number of aliphatic hydroxyl groups excluding tert-OH is 2. The van der Waals surface area contributed by atoms with E-state index in [-0.39, 0.29) is 18.7 Å². The molecule has 0 aliphatic rings. The molecule has 5 nitrogen and oxygen atoms in total. The van der Waals surface area contributed by atoms with Crippen LogP contribution in [-0.2, 0) is 9.53 Å². The number of hydrogen-bond donors (Lipinski definition) is 3. The van der Waals surface area contributed by atoms with E-state index >= 15 is 0 Å². The lowest BCUT2D eigenvalue weighted by Gasteiger charge is -2.17. The number of rotatable bonds is 21. The lowest BCUT2D eigenvalue weighted by Crippen LogP contribution is -2.29. The van der Waals surface area contributed by atoms with Crippen LogP contribution < -0.4 is 5.32 Å². The molecule has 0 aliphatic carbocycles. The average molecular weight is 402 g/mol. The van der Waals surface area contributed by atoms with Gasteiger partial charge in [-0.25, -0.2) is 0 Å². The SMILES string of the molecule is CCCCCCCCC(CCC)OC(=O)CCCCCCCNCC(O)CO. The van der Waals surface area contributed by atoms with Gasteiger partial charge >= 0.3 is 5.97 Å². The Kier molecular flexibility index (Phi) is 20.6. The molecule has 0 spiro atoms. The number of esters is 1. The van der Waals surface area contributed by atoms with E-state index in [9.17, 15) is 9.90 Å². The van der Waals surface area contributed by atoms with E-state index in [0.29, 0.717) is 13.0 Å². The van der Waals surface area contributed by atoms with Crippen molar-refractivity contribution in [3.05, 3.63) is 0 Å². The Labute approximate surface area is 173 Å². The van der Waals surface area contributed by atoms with Crippen molar-refractivity contribution in [1.29, 1.82) is 0 Å². The molecule has 2 unspecified atom stereocenters. The van der Waals surface area contributed by atoms with Gasteiger partial charge in [-0.05, 0) is 38.6 Å². The predicted molar refractivity (Wildman–Crippen MR) is 116 cm³/mol. The molecule has 168 valence electrons. The highest BCUT2D eigenvalue weighted by molar-refractivity contribution is 5.69. The van der Waals surface area contributed by atoms with Gasteiger partial charge in [-0.2, -0.15) is 0 Å². The van der Waals surface area contributed by atoms with Gasteiger partial charge in [0.15, 0.2) is 0 Å². The van der Waals surface area contributed by atoms with Gasteiger partial charge in [-0.3, -0.25) is 4.79 Å². The first-order valence-corrected chi connectivity index (χ1v) is 11.8. The van der Waals surface area contributed by atoms with Crippen LogP contribution in [-0.4, -0.2) is 48.1 Å². The van der Waals surface area contributed by atoms with Crippen LogP contribution in [0.3, 0.4) is 0 Å². The summed E-state index contributed by atoms with van der Waals surface area (Å²) in [5.74, 6) is -0.0240. The number of aliphatic hydroxyl groups is 2. The van der Waals surface area contributed by atoms with Crippen LogP contribution in [0.15, 0.2) is 0 Å². The minimum atomic E-state index is -0.663. The third kappa shape index (κ3) is 18.7. The Balaban J connectivity index is 3.61. The lowest BCUT2D eigenvalue weighted by atomic mass is 10.0. The van der Waals surface area contributed by atoms with Crippen molar-refractivity contribution in [3.8, 4) is 0 Å². The number of nitrogens with one attached hydrogen (secondary N) is 1. The fourth-order valence-corrected chi connectivity index (χ4v) is 3.36. The summed E-state index contributed by atoms with van der Waals surface area (Å²) in [4.78, 5) is 12.1. The predicted octanol–water partition coefficient (Wildman–Crippen LogP) is 4.73. The van der Waals surface area contributed by atoms with Crippen molar-refractivity contribution in [1.82, 2.24) is 5.32 Å². The van der Waals surface area contributed by atoms with Crippen molar-refractivity contribution in [2.75, 3.05) is 19.7 Å². The van der Waals surface area contributed by atoms with Gasteiger partial charge in [-0.15, -0.1) is 0 Å². The van der Waals surface area contributed by atoms with Gasteiger partial charge in [0.2, 0.25) is 0 Å². The normalized spacial score (nSPS) is 13.4. The molecule has 0 aromatic rings. The van der Waals surface area contributed by atoms with Crippen LogP contribution in [0.25, 0.3) is 0 Å². The van der Waals surface area contributed by atoms with Crippen molar-refractivity contribution in [3.63, 3.8) is 0 Å². The summed E-state index contributed by atoms with van der Waals surface area (Å²) in [6, 6.07) is 0. The van der Waals surface area contributed by atoms with Gasteiger partial charge in [0.1, 0.15) is 6.10 Å². The Morgan fingerprint density at radius 3 is 2.18 bits per heavy atom. The largest absolute Gasteiger partial charge is 0.462 e. The Morgan fingerprint density at radius 2 is 1.50 bits per heavy atom. The Morgan fingerprint density at radius 1 is 0.857 bits per heavy atom. The second kappa shape index (κ2) is 21.1. The van der Waals surface area contributed by atoms with Crippen LogP contribution in [0.4, 0.5) is 0 Å². The molecule has 0 rings (SSSR count). The number of hydrogen-bond acceptors (Lipinski definition) is 5. The maximum atomic E-state index is 12.1. The minimum Gasteiger partial charge on any atom is -0.462 e. The molecule has 5 heteroatoms. The highest BCUT2D eigenvalue weighted by atomic mass is 16.5. The molecule has 0 heterocycles. The summed E-state index contributed by atoms with van der Waals surface area (Å²) in [6.07, 6.45) is 16.0. The molecular formula is C23H47NO4. The second-order valence-corrected chi connectivity index (χ2v) is 8.02. The smallest absolute Gasteiger partial charge is 0.306 e. The zero-order valence-corrected chi connectivity index (χ0v) is 18.6. The molecule has 0 aliphatic heterocycles. The molecule has 0 amide bonds. The third-order valence-electron chi connectivity index (χ3n) is 5.11. The van der Waals surface area contributed by atoms with Crippen LogP contribution in [0, 0.1) is 0 Å². The van der Waals surface area contributed by atoms with Crippen molar-refractivity contribution < 1.29 is 19.7 Å². The first kappa shape index (κ1) is 27.4. The molecular weight excluding hydrogens is 354 g/mol. The van der Waals surface area contributed by atoms with E-state index < -0.39 is 6.10 Å².